The van der Waals surface area contributed by atoms with E-state index < -0.39 is 5.97 Å². The highest BCUT2D eigenvalue weighted by Gasteiger charge is 2.24. The Morgan fingerprint density at radius 2 is 1.73 bits per heavy atom. The Labute approximate surface area is 177 Å². The number of carboxylic acid groups (broad SMARTS) is 1. The van der Waals surface area contributed by atoms with E-state index >= 15 is 0 Å². The molecule has 156 valence electrons. The Bertz CT molecular complexity index is 1010. The molecule has 2 N–H and O–H groups in total. The maximum atomic E-state index is 12.4. The fraction of sp³-hybridized carbons (Fsp3) is 0.190. The summed E-state index contributed by atoms with van der Waals surface area (Å²) in [5, 5.41) is 12.0. The van der Waals surface area contributed by atoms with Gasteiger partial charge in [-0.05, 0) is 53.2 Å². The van der Waals surface area contributed by atoms with Crippen molar-refractivity contribution in [2.45, 2.75) is 6.42 Å². The fourth-order valence-electron chi connectivity index (χ4n) is 2.80. The number of hydrogen-bond acceptors (Lipinski definition) is 7. The van der Waals surface area contributed by atoms with Crippen LogP contribution in [0.5, 0.6) is 17.2 Å². The molecule has 1 fully saturated rings. The predicted octanol–water partition coefficient (Wildman–Crippen LogP) is 3.23. The molecular formula is C21H20N2O6S. The summed E-state index contributed by atoms with van der Waals surface area (Å²) in [5.74, 6) is 0.286. The van der Waals surface area contributed by atoms with E-state index in [1.165, 1.54) is 33.1 Å². The number of carbonyl (C=O) groups excluding carboxylic acids is 1. The van der Waals surface area contributed by atoms with Gasteiger partial charge in [0.2, 0.25) is 5.75 Å². The van der Waals surface area contributed by atoms with Crippen molar-refractivity contribution in [3.05, 3.63) is 52.4 Å². The topological polar surface area (TPSA) is 106 Å². The highest BCUT2D eigenvalue weighted by atomic mass is 32.2. The molecule has 0 spiro atoms. The molecule has 1 aliphatic heterocycles. The molecule has 0 bridgehead atoms. The van der Waals surface area contributed by atoms with Crippen LogP contribution >= 0.6 is 11.8 Å². The summed E-state index contributed by atoms with van der Waals surface area (Å²) in [6.07, 6.45) is 1.66. The Morgan fingerprint density at radius 1 is 1.10 bits per heavy atom. The van der Waals surface area contributed by atoms with Crippen molar-refractivity contribution in [3.8, 4) is 17.2 Å². The molecule has 30 heavy (non-hydrogen) atoms. The van der Waals surface area contributed by atoms with Gasteiger partial charge in [-0.25, -0.2) is 4.99 Å². The second-order valence-electron chi connectivity index (χ2n) is 6.18. The number of thioether (sulfide) groups is 1. The third-order valence-electron chi connectivity index (χ3n) is 4.16. The maximum Gasteiger partial charge on any atom is 0.307 e. The summed E-state index contributed by atoms with van der Waals surface area (Å²) in [5.41, 5.74) is 2.00. The molecule has 1 saturated heterocycles. The Balaban J connectivity index is 1.82. The quantitative estimate of drug-likeness (QED) is 0.652. The summed E-state index contributed by atoms with van der Waals surface area (Å²) in [6, 6.07) is 10.3. The maximum absolute atomic E-state index is 12.4. The van der Waals surface area contributed by atoms with Crippen LogP contribution in [0.25, 0.3) is 6.08 Å². The zero-order chi connectivity index (χ0) is 21.7. The Kier molecular flexibility index (Phi) is 6.63. The summed E-state index contributed by atoms with van der Waals surface area (Å²) in [7, 11) is 4.57. The molecule has 0 radical (unpaired) electrons. The Hall–Kier alpha value is -3.46. The van der Waals surface area contributed by atoms with Crippen molar-refractivity contribution in [1.29, 1.82) is 0 Å². The first-order valence-corrected chi connectivity index (χ1v) is 9.65. The van der Waals surface area contributed by atoms with Crippen LogP contribution < -0.4 is 19.5 Å². The van der Waals surface area contributed by atoms with E-state index in [1.54, 1.807) is 42.5 Å². The average molecular weight is 428 g/mol. The number of amides is 1. The van der Waals surface area contributed by atoms with Gasteiger partial charge in [0.25, 0.3) is 5.91 Å². The number of aliphatic imine (C=N–C) groups is 1. The average Bonchev–Trinajstić information content (AvgIpc) is 3.06. The zero-order valence-corrected chi connectivity index (χ0v) is 17.4. The summed E-state index contributed by atoms with van der Waals surface area (Å²) in [6.45, 7) is 0. The summed E-state index contributed by atoms with van der Waals surface area (Å²) >= 11 is 1.20. The number of benzene rings is 2. The van der Waals surface area contributed by atoms with Crippen LogP contribution in [0.1, 0.15) is 11.1 Å². The van der Waals surface area contributed by atoms with Crippen LogP contribution in [0.4, 0.5) is 5.69 Å². The predicted molar refractivity (Wildman–Crippen MR) is 115 cm³/mol. The molecule has 2 aromatic carbocycles. The zero-order valence-electron chi connectivity index (χ0n) is 16.6. The van der Waals surface area contributed by atoms with E-state index in [0.29, 0.717) is 44.1 Å². The number of hydrogen-bond donors (Lipinski definition) is 2. The third kappa shape index (κ3) is 4.93. The number of ether oxygens (including phenoxy) is 3. The standard InChI is InChI=1S/C21H20N2O6S/c1-27-15-8-13(9-16(28-2)19(15)29-3)10-17-20(26)23-21(30-17)22-14-6-4-12(5-7-14)11-18(24)25/h4-10H,11H2,1-3H3,(H,24,25)(H,22,23,26)/b17-10-. The van der Waals surface area contributed by atoms with E-state index in [2.05, 4.69) is 10.3 Å². The Morgan fingerprint density at radius 3 is 2.27 bits per heavy atom. The monoisotopic (exact) mass is 428 g/mol. The second kappa shape index (κ2) is 9.36. The SMILES string of the molecule is COc1cc(/C=C2\SC(=Nc3ccc(CC(=O)O)cc3)NC2=O)cc(OC)c1OC. The molecule has 1 heterocycles. The molecule has 1 aliphatic rings. The van der Waals surface area contributed by atoms with Crippen LogP contribution in [0.3, 0.4) is 0 Å². The van der Waals surface area contributed by atoms with Gasteiger partial charge in [-0.1, -0.05) is 12.1 Å². The highest BCUT2D eigenvalue weighted by Crippen LogP contribution is 2.39. The number of nitrogens with one attached hydrogen (secondary N) is 1. The van der Waals surface area contributed by atoms with Crippen molar-refractivity contribution >= 4 is 40.6 Å². The number of amidine groups is 1. The molecule has 0 unspecified atom stereocenters. The molecule has 0 saturated carbocycles. The van der Waals surface area contributed by atoms with Gasteiger partial charge in [-0.15, -0.1) is 0 Å². The van der Waals surface area contributed by atoms with Gasteiger partial charge in [0.15, 0.2) is 16.7 Å². The molecule has 3 rings (SSSR count). The summed E-state index contributed by atoms with van der Waals surface area (Å²) < 4.78 is 16.0. The second-order valence-corrected chi connectivity index (χ2v) is 7.21. The minimum atomic E-state index is -0.894. The molecule has 0 aliphatic carbocycles. The van der Waals surface area contributed by atoms with Gasteiger partial charge in [0.05, 0.1) is 38.3 Å². The van der Waals surface area contributed by atoms with Crippen molar-refractivity contribution in [1.82, 2.24) is 5.32 Å². The van der Waals surface area contributed by atoms with E-state index in [0.717, 1.165) is 0 Å². The van der Waals surface area contributed by atoms with Crippen LogP contribution in [-0.4, -0.2) is 43.5 Å². The smallest absolute Gasteiger partial charge is 0.307 e. The molecule has 8 nitrogen and oxygen atoms in total. The number of aliphatic carboxylic acids is 1. The minimum Gasteiger partial charge on any atom is -0.493 e. The number of nitrogens with zero attached hydrogens (tertiary/aromatic N) is 1. The normalized spacial score (nSPS) is 15.9. The first-order valence-electron chi connectivity index (χ1n) is 8.83. The third-order valence-corrected chi connectivity index (χ3v) is 5.07. The molecular weight excluding hydrogens is 408 g/mol. The van der Waals surface area contributed by atoms with Crippen molar-refractivity contribution in [2.75, 3.05) is 21.3 Å². The minimum absolute atomic E-state index is 0.0516. The lowest BCUT2D eigenvalue weighted by atomic mass is 10.1. The largest absolute Gasteiger partial charge is 0.493 e. The van der Waals surface area contributed by atoms with Gasteiger partial charge in [0.1, 0.15) is 0 Å². The number of methoxy groups -OCH3 is 3. The molecule has 2 aromatic rings. The molecule has 9 heteroatoms. The molecule has 0 atom stereocenters. The van der Waals surface area contributed by atoms with Gasteiger partial charge in [-0.3, -0.25) is 9.59 Å². The first kappa shape index (κ1) is 21.3. The number of carboxylic acids is 1. The fourth-order valence-corrected chi connectivity index (χ4v) is 3.64. The molecule has 1 amide bonds. The van der Waals surface area contributed by atoms with E-state index in [1.807, 2.05) is 0 Å². The van der Waals surface area contributed by atoms with Crippen LogP contribution in [0, 0.1) is 0 Å². The molecule has 0 aromatic heterocycles. The van der Waals surface area contributed by atoms with Gasteiger partial charge < -0.3 is 24.6 Å². The van der Waals surface area contributed by atoms with E-state index in [4.69, 9.17) is 19.3 Å². The van der Waals surface area contributed by atoms with Gasteiger partial charge in [-0.2, -0.15) is 0 Å². The number of carbonyl (C=O) groups is 2. The van der Waals surface area contributed by atoms with Crippen LogP contribution in [0.2, 0.25) is 0 Å². The van der Waals surface area contributed by atoms with E-state index in [-0.39, 0.29) is 12.3 Å². The summed E-state index contributed by atoms with van der Waals surface area (Å²) in [4.78, 5) is 28.0. The van der Waals surface area contributed by atoms with Crippen LogP contribution in [-0.2, 0) is 16.0 Å². The van der Waals surface area contributed by atoms with Crippen LogP contribution in [0.15, 0.2) is 46.3 Å². The highest BCUT2D eigenvalue weighted by molar-refractivity contribution is 8.18. The van der Waals surface area contributed by atoms with E-state index in [9.17, 15) is 9.59 Å². The van der Waals surface area contributed by atoms with Crippen molar-refractivity contribution in [2.24, 2.45) is 4.99 Å². The first-order chi connectivity index (χ1) is 14.4. The number of rotatable bonds is 7. The van der Waals surface area contributed by atoms with Crippen molar-refractivity contribution < 1.29 is 28.9 Å². The van der Waals surface area contributed by atoms with Gasteiger partial charge in [0, 0.05) is 0 Å². The van der Waals surface area contributed by atoms with Gasteiger partial charge >= 0.3 is 5.97 Å². The van der Waals surface area contributed by atoms with Crippen molar-refractivity contribution in [3.63, 3.8) is 0 Å². The lowest BCUT2D eigenvalue weighted by Crippen LogP contribution is -2.19. The lowest BCUT2D eigenvalue weighted by molar-refractivity contribution is -0.136. The lowest BCUT2D eigenvalue weighted by Gasteiger charge is -2.12.